The van der Waals surface area contributed by atoms with Gasteiger partial charge in [-0.1, -0.05) is 12.5 Å². The summed E-state index contributed by atoms with van der Waals surface area (Å²) in [5.41, 5.74) is 1.86. The van der Waals surface area contributed by atoms with Crippen LogP contribution in [0.1, 0.15) is 42.1 Å². The highest BCUT2D eigenvalue weighted by Crippen LogP contribution is 2.48. The molecular formula is C24H26O9. The number of cyclic esters (lactones) is 1. The van der Waals surface area contributed by atoms with E-state index in [-0.39, 0.29) is 49.0 Å². The van der Waals surface area contributed by atoms with Crippen LogP contribution in [0.25, 0.3) is 11.1 Å². The van der Waals surface area contributed by atoms with Crippen molar-refractivity contribution in [3.63, 3.8) is 0 Å². The second kappa shape index (κ2) is 9.29. The molecule has 2 aromatic carbocycles. The fourth-order valence-electron chi connectivity index (χ4n) is 4.12. The standard InChI is InChI=1S/C24H26O9/c1-3-30-22(26)24(9-4-10-24)13-32-19-16(7-8-18(20(19)29-2)33-23(27)28)14-5-6-17-15(11-14)12-31-21(17)25/h5-8,11,23,27-28H,3-4,9-10,12-13H2,1-2H3. The van der Waals surface area contributed by atoms with Gasteiger partial charge in [-0.2, -0.15) is 0 Å². The zero-order valence-corrected chi connectivity index (χ0v) is 18.5. The van der Waals surface area contributed by atoms with Gasteiger partial charge in [0.15, 0.2) is 11.5 Å². The number of aliphatic hydroxyl groups excluding tert-OH is 1. The topological polar surface area (TPSA) is 121 Å². The first-order valence-corrected chi connectivity index (χ1v) is 10.7. The number of hydrogen-bond donors (Lipinski definition) is 2. The van der Waals surface area contributed by atoms with Crippen LogP contribution >= 0.6 is 0 Å². The summed E-state index contributed by atoms with van der Waals surface area (Å²) in [4.78, 5) is 24.4. The van der Waals surface area contributed by atoms with Crippen molar-refractivity contribution in [1.82, 2.24) is 0 Å². The number of fused-ring (bicyclic) bond motifs is 1. The van der Waals surface area contributed by atoms with Crippen molar-refractivity contribution in [3.05, 3.63) is 41.5 Å². The Labute approximate surface area is 190 Å². The van der Waals surface area contributed by atoms with Gasteiger partial charge in [0.2, 0.25) is 5.75 Å². The molecule has 2 aliphatic rings. The molecule has 176 valence electrons. The summed E-state index contributed by atoms with van der Waals surface area (Å²) < 4.78 is 27.1. The quantitative estimate of drug-likeness (QED) is 0.432. The number of carbonyl (C=O) groups excluding carboxylic acids is 2. The summed E-state index contributed by atoms with van der Waals surface area (Å²) in [5, 5.41) is 18.6. The Bertz CT molecular complexity index is 1060. The molecule has 0 aromatic heterocycles. The SMILES string of the molecule is CCOC(=O)C1(COc2c(-c3ccc4c(c3)COC4=O)ccc(OC(O)O)c2OC)CCC1. The van der Waals surface area contributed by atoms with E-state index >= 15 is 0 Å². The van der Waals surface area contributed by atoms with E-state index in [1.807, 2.05) is 6.07 Å². The number of ether oxygens (including phenoxy) is 5. The smallest absolute Gasteiger partial charge is 0.338 e. The summed E-state index contributed by atoms with van der Waals surface area (Å²) >= 11 is 0. The molecule has 1 fully saturated rings. The van der Waals surface area contributed by atoms with Crippen LogP contribution < -0.4 is 14.2 Å². The van der Waals surface area contributed by atoms with Crippen molar-refractivity contribution < 1.29 is 43.5 Å². The van der Waals surface area contributed by atoms with E-state index < -0.39 is 11.9 Å². The summed E-state index contributed by atoms with van der Waals surface area (Å²) in [6, 6.07) is 8.49. The second-order valence-electron chi connectivity index (χ2n) is 8.01. The van der Waals surface area contributed by atoms with Gasteiger partial charge in [-0.15, -0.1) is 0 Å². The van der Waals surface area contributed by atoms with Gasteiger partial charge in [0.1, 0.15) is 18.6 Å². The summed E-state index contributed by atoms with van der Waals surface area (Å²) in [6.45, 7) is 0.225. The Morgan fingerprint density at radius 3 is 2.55 bits per heavy atom. The third-order valence-corrected chi connectivity index (χ3v) is 6.02. The largest absolute Gasteiger partial charge is 0.490 e. The van der Waals surface area contributed by atoms with Crippen LogP contribution in [-0.4, -0.2) is 49.0 Å². The first-order chi connectivity index (χ1) is 15.9. The molecule has 1 heterocycles. The molecule has 1 aliphatic carbocycles. The average Bonchev–Trinajstić information content (AvgIpc) is 3.13. The fourth-order valence-corrected chi connectivity index (χ4v) is 4.12. The highest BCUT2D eigenvalue weighted by molar-refractivity contribution is 5.94. The number of aliphatic hydroxyl groups is 2. The van der Waals surface area contributed by atoms with Crippen LogP contribution in [0.2, 0.25) is 0 Å². The van der Waals surface area contributed by atoms with E-state index in [4.69, 9.17) is 23.7 Å². The molecule has 2 aromatic rings. The van der Waals surface area contributed by atoms with E-state index in [0.717, 1.165) is 17.5 Å². The van der Waals surface area contributed by atoms with Gasteiger partial charge < -0.3 is 33.9 Å². The molecule has 1 saturated carbocycles. The Balaban J connectivity index is 1.74. The lowest BCUT2D eigenvalue weighted by atomic mass is 9.69. The molecule has 4 rings (SSSR count). The van der Waals surface area contributed by atoms with Crippen molar-refractivity contribution in [3.8, 4) is 28.4 Å². The molecule has 9 heteroatoms. The molecule has 1 aliphatic heterocycles. The molecule has 9 nitrogen and oxygen atoms in total. The maximum atomic E-state index is 12.6. The van der Waals surface area contributed by atoms with Gasteiger partial charge in [0, 0.05) is 11.1 Å². The third-order valence-electron chi connectivity index (χ3n) is 6.02. The normalized spacial score (nSPS) is 16.0. The number of rotatable bonds is 9. The number of esters is 2. The van der Waals surface area contributed by atoms with Crippen molar-refractivity contribution in [2.24, 2.45) is 5.41 Å². The lowest BCUT2D eigenvalue weighted by molar-refractivity contribution is -0.180. The zero-order chi connectivity index (χ0) is 23.6. The third kappa shape index (κ3) is 4.34. The van der Waals surface area contributed by atoms with Crippen LogP contribution in [0.15, 0.2) is 30.3 Å². The van der Waals surface area contributed by atoms with E-state index in [1.165, 1.54) is 13.2 Å². The minimum absolute atomic E-state index is 0.0599. The number of carbonyl (C=O) groups is 2. The van der Waals surface area contributed by atoms with Crippen LogP contribution in [-0.2, 0) is 20.9 Å². The second-order valence-corrected chi connectivity index (χ2v) is 8.01. The number of hydrogen-bond acceptors (Lipinski definition) is 9. The molecule has 0 unspecified atom stereocenters. The molecule has 0 radical (unpaired) electrons. The molecule has 0 spiro atoms. The molecule has 0 saturated heterocycles. The minimum Gasteiger partial charge on any atom is -0.490 e. The summed E-state index contributed by atoms with van der Waals surface area (Å²) in [7, 11) is 1.41. The van der Waals surface area contributed by atoms with Crippen LogP contribution in [0, 0.1) is 5.41 Å². The van der Waals surface area contributed by atoms with Gasteiger partial charge >= 0.3 is 18.4 Å². The number of methoxy groups -OCH3 is 1. The van der Waals surface area contributed by atoms with Crippen molar-refractivity contribution in [2.45, 2.75) is 39.3 Å². The minimum atomic E-state index is -2.06. The number of benzene rings is 2. The van der Waals surface area contributed by atoms with Crippen LogP contribution in [0.5, 0.6) is 17.2 Å². The van der Waals surface area contributed by atoms with Gasteiger partial charge in [-0.3, -0.25) is 4.79 Å². The van der Waals surface area contributed by atoms with Crippen LogP contribution in [0.3, 0.4) is 0 Å². The van der Waals surface area contributed by atoms with Crippen molar-refractivity contribution >= 4 is 11.9 Å². The first-order valence-electron chi connectivity index (χ1n) is 10.7. The lowest BCUT2D eigenvalue weighted by Crippen LogP contribution is -2.44. The predicted molar refractivity (Wildman–Crippen MR) is 115 cm³/mol. The van der Waals surface area contributed by atoms with Gasteiger partial charge in [-0.25, -0.2) is 4.79 Å². The van der Waals surface area contributed by atoms with Crippen molar-refractivity contribution in [1.29, 1.82) is 0 Å². The molecular weight excluding hydrogens is 432 g/mol. The van der Waals surface area contributed by atoms with Crippen LogP contribution in [0.4, 0.5) is 0 Å². The first kappa shape index (κ1) is 22.9. The Morgan fingerprint density at radius 1 is 1.15 bits per heavy atom. The van der Waals surface area contributed by atoms with Gasteiger partial charge in [-0.05, 0) is 49.6 Å². The molecule has 0 atom stereocenters. The van der Waals surface area contributed by atoms with Gasteiger partial charge in [0.25, 0.3) is 0 Å². The average molecular weight is 458 g/mol. The maximum absolute atomic E-state index is 12.6. The molecule has 0 amide bonds. The van der Waals surface area contributed by atoms with E-state index in [2.05, 4.69) is 0 Å². The highest BCUT2D eigenvalue weighted by atomic mass is 16.7. The predicted octanol–water partition coefficient (Wildman–Crippen LogP) is 2.79. The Kier molecular flexibility index (Phi) is 6.44. The van der Waals surface area contributed by atoms with Crippen molar-refractivity contribution in [2.75, 3.05) is 20.3 Å². The van der Waals surface area contributed by atoms with E-state index in [9.17, 15) is 19.8 Å². The molecule has 2 N–H and O–H groups in total. The lowest BCUT2D eigenvalue weighted by Gasteiger charge is -2.38. The molecule has 33 heavy (non-hydrogen) atoms. The van der Waals surface area contributed by atoms with Gasteiger partial charge in [0.05, 0.1) is 19.3 Å². The molecule has 0 bridgehead atoms. The monoisotopic (exact) mass is 458 g/mol. The highest BCUT2D eigenvalue weighted by Gasteiger charge is 2.47. The summed E-state index contributed by atoms with van der Waals surface area (Å²) in [6.07, 6.45) is 2.19. The Hall–Kier alpha value is -3.30. The fraction of sp³-hybridized carbons (Fsp3) is 0.417. The van der Waals surface area contributed by atoms with E-state index in [0.29, 0.717) is 24.0 Å². The Morgan fingerprint density at radius 2 is 1.91 bits per heavy atom. The summed E-state index contributed by atoms with van der Waals surface area (Å²) in [5.74, 6) is -0.191. The van der Waals surface area contributed by atoms with E-state index in [1.54, 1.807) is 25.1 Å². The maximum Gasteiger partial charge on any atom is 0.338 e. The zero-order valence-electron chi connectivity index (χ0n) is 18.5.